The number of rotatable bonds is 2. The summed E-state index contributed by atoms with van der Waals surface area (Å²) in [6.45, 7) is 0. The highest BCUT2D eigenvalue weighted by atomic mass is 16.5. The molecular formula is C15H27NO. The van der Waals surface area contributed by atoms with E-state index in [1.807, 2.05) is 0 Å². The minimum atomic E-state index is 0.297. The molecule has 3 unspecified atom stereocenters. The first kappa shape index (κ1) is 12.0. The lowest BCUT2D eigenvalue weighted by Gasteiger charge is -2.34. The smallest absolute Gasteiger partial charge is 0.0687 e. The van der Waals surface area contributed by atoms with Gasteiger partial charge in [-0.25, -0.2) is 0 Å². The van der Waals surface area contributed by atoms with Crippen molar-refractivity contribution in [3.63, 3.8) is 0 Å². The van der Waals surface area contributed by atoms with Crippen molar-refractivity contribution in [1.29, 1.82) is 0 Å². The second kappa shape index (κ2) is 4.89. The molecule has 0 bridgehead atoms. The molecule has 2 aliphatic carbocycles. The summed E-state index contributed by atoms with van der Waals surface area (Å²) in [6, 6.07) is 0.460. The highest BCUT2D eigenvalue weighted by Gasteiger charge is 2.41. The van der Waals surface area contributed by atoms with Gasteiger partial charge in [0.2, 0.25) is 0 Å². The predicted molar refractivity (Wildman–Crippen MR) is 69.9 cm³/mol. The first-order valence-corrected chi connectivity index (χ1v) is 7.71. The third-order valence-electron chi connectivity index (χ3n) is 5.39. The maximum Gasteiger partial charge on any atom is 0.0687 e. The molecule has 0 aromatic carbocycles. The SMILES string of the molecule is NC1CCCC1CC1CCC2(CCCCC2)O1. The fourth-order valence-electron chi connectivity index (χ4n) is 4.32. The van der Waals surface area contributed by atoms with E-state index in [-0.39, 0.29) is 0 Å². The Bertz CT molecular complexity index is 260. The molecular weight excluding hydrogens is 210 g/mol. The maximum absolute atomic E-state index is 6.44. The molecule has 0 radical (unpaired) electrons. The standard InChI is InChI=1S/C15H27NO/c16-14-6-4-5-12(14)11-13-7-10-15(17-13)8-2-1-3-9-15/h12-14H,1-11,16H2. The number of hydrogen-bond acceptors (Lipinski definition) is 2. The molecule has 3 aliphatic rings. The van der Waals surface area contributed by atoms with Crippen LogP contribution in [0.25, 0.3) is 0 Å². The van der Waals surface area contributed by atoms with Crippen molar-refractivity contribution in [2.45, 2.75) is 88.4 Å². The van der Waals surface area contributed by atoms with Gasteiger partial charge in [0.15, 0.2) is 0 Å². The van der Waals surface area contributed by atoms with Crippen LogP contribution in [0.15, 0.2) is 0 Å². The summed E-state index contributed by atoms with van der Waals surface area (Å²) in [7, 11) is 0. The van der Waals surface area contributed by atoms with E-state index < -0.39 is 0 Å². The molecule has 0 aromatic rings. The minimum absolute atomic E-state index is 0.297. The molecule has 3 atom stereocenters. The summed E-state index contributed by atoms with van der Waals surface area (Å²) in [5.74, 6) is 0.749. The molecule has 1 saturated heterocycles. The van der Waals surface area contributed by atoms with Gasteiger partial charge in [0.25, 0.3) is 0 Å². The normalized spacial score (nSPS) is 41.1. The third-order valence-corrected chi connectivity index (χ3v) is 5.39. The first-order valence-electron chi connectivity index (χ1n) is 7.71. The van der Waals surface area contributed by atoms with Gasteiger partial charge in [-0.15, -0.1) is 0 Å². The molecule has 0 amide bonds. The molecule has 1 heterocycles. The van der Waals surface area contributed by atoms with Gasteiger partial charge in [-0.1, -0.05) is 25.7 Å². The van der Waals surface area contributed by atoms with Crippen LogP contribution in [-0.2, 0) is 4.74 Å². The Hall–Kier alpha value is -0.0800. The van der Waals surface area contributed by atoms with E-state index in [0.717, 1.165) is 5.92 Å². The Labute approximate surface area is 105 Å². The summed E-state index contributed by atoms with van der Waals surface area (Å²) >= 11 is 0. The van der Waals surface area contributed by atoms with Gasteiger partial charge >= 0.3 is 0 Å². The van der Waals surface area contributed by atoms with Crippen LogP contribution in [0.5, 0.6) is 0 Å². The van der Waals surface area contributed by atoms with E-state index in [2.05, 4.69) is 0 Å². The van der Waals surface area contributed by atoms with Crippen molar-refractivity contribution >= 4 is 0 Å². The number of nitrogens with two attached hydrogens (primary N) is 1. The molecule has 2 heteroatoms. The van der Waals surface area contributed by atoms with Crippen LogP contribution in [0.1, 0.15) is 70.6 Å². The molecule has 98 valence electrons. The van der Waals surface area contributed by atoms with Crippen LogP contribution in [-0.4, -0.2) is 17.7 Å². The van der Waals surface area contributed by atoms with Crippen molar-refractivity contribution in [1.82, 2.24) is 0 Å². The average Bonchev–Trinajstić information content (AvgIpc) is 2.90. The predicted octanol–water partition coefficient (Wildman–Crippen LogP) is 3.39. The Balaban J connectivity index is 1.53. The van der Waals surface area contributed by atoms with Crippen LogP contribution in [0.2, 0.25) is 0 Å². The fraction of sp³-hybridized carbons (Fsp3) is 1.00. The minimum Gasteiger partial charge on any atom is -0.372 e. The van der Waals surface area contributed by atoms with Gasteiger partial charge in [-0.05, 0) is 50.9 Å². The molecule has 2 N–H and O–H groups in total. The fourth-order valence-corrected chi connectivity index (χ4v) is 4.32. The van der Waals surface area contributed by atoms with Gasteiger partial charge in [0.1, 0.15) is 0 Å². The van der Waals surface area contributed by atoms with E-state index in [4.69, 9.17) is 10.5 Å². The molecule has 3 fully saturated rings. The molecule has 17 heavy (non-hydrogen) atoms. The Morgan fingerprint density at radius 3 is 2.47 bits per heavy atom. The zero-order valence-corrected chi connectivity index (χ0v) is 11.0. The Kier molecular flexibility index (Phi) is 3.45. The Morgan fingerprint density at radius 1 is 0.941 bits per heavy atom. The summed E-state index contributed by atoms with van der Waals surface area (Å²) in [5, 5.41) is 0. The van der Waals surface area contributed by atoms with Gasteiger partial charge in [0.05, 0.1) is 11.7 Å². The average molecular weight is 237 g/mol. The number of hydrogen-bond donors (Lipinski definition) is 1. The Morgan fingerprint density at radius 2 is 1.76 bits per heavy atom. The van der Waals surface area contributed by atoms with Gasteiger partial charge in [-0.3, -0.25) is 0 Å². The van der Waals surface area contributed by atoms with Crippen molar-refractivity contribution in [3.05, 3.63) is 0 Å². The summed E-state index contributed by atoms with van der Waals surface area (Å²) in [4.78, 5) is 0. The molecule has 2 nitrogen and oxygen atoms in total. The monoisotopic (exact) mass is 237 g/mol. The van der Waals surface area contributed by atoms with Gasteiger partial charge < -0.3 is 10.5 Å². The van der Waals surface area contributed by atoms with E-state index in [9.17, 15) is 0 Å². The summed E-state index contributed by atoms with van der Waals surface area (Å²) < 4.78 is 6.44. The second-order valence-corrected chi connectivity index (χ2v) is 6.61. The van der Waals surface area contributed by atoms with Crippen LogP contribution < -0.4 is 5.73 Å². The number of ether oxygens (including phenoxy) is 1. The lowest BCUT2D eigenvalue weighted by atomic mass is 9.83. The van der Waals surface area contributed by atoms with Crippen molar-refractivity contribution in [2.24, 2.45) is 11.7 Å². The van der Waals surface area contributed by atoms with Crippen molar-refractivity contribution in [3.8, 4) is 0 Å². The maximum atomic E-state index is 6.44. The van der Waals surface area contributed by atoms with Crippen molar-refractivity contribution in [2.75, 3.05) is 0 Å². The lowest BCUT2D eigenvalue weighted by Crippen LogP contribution is -2.33. The second-order valence-electron chi connectivity index (χ2n) is 6.61. The van der Waals surface area contributed by atoms with Crippen LogP contribution in [0.3, 0.4) is 0 Å². The highest BCUT2D eigenvalue weighted by molar-refractivity contribution is 4.93. The molecule has 0 aromatic heterocycles. The van der Waals surface area contributed by atoms with Crippen molar-refractivity contribution < 1.29 is 4.74 Å². The van der Waals surface area contributed by atoms with Crippen LogP contribution >= 0.6 is 0 Å². The van der Waals surface area contributed by atoms with Gasteiger partial charge in [-0.2, -0.15) is 0 Å². The molecule has 1 spiro atoms. The van der Waals surface area contributed by atoms with E-state index in [1.54, 1.807) is 0 Å². The first-order chi connectivity index (χ1) is 8.27. The zero-order chi connectivity index (χ0) is 11.7. The highest BCUT2D eigenvalue weighted by Crippen LogP contribution is 2.44. The molecule has 1 aliphatic heterocycles. The van der Waals surface area contributed by atoms with Crippen LogP contribution in [0, 0.1) is 5.92 Å². The van der Waals surface area contributed by atoms with E-state index in [0.29, 0.717) is 17.7 Å². The largest absolute Gasteiger partial charge is 0.372 e. The van der Waals surface area contributed by atoms with E-state index >= 15 is 0 Å². The summed E-state index contributed by atoms with van der Waals surface area (Å²) in [5.41, 5.74) is 6.47. The molecule has 2 saturated carbocycles. The lowest BCUT2D eigenvalue weighted by molar-refractivity contribution is -0.0700. The molecule has 3 rings (SSSR count). The van der Waals surface area contributed by atoms with E-state index in [1.165, 1.54) is 70.6 Å². The topological polar surface area (TPSA) is 35.2 Å². The van der Waals surface area contributed by atoms with Gasteiger partial charge in [0, 0.05) is 6.04 Å². The van der Waals surface area contributed by atoms with Crippen LogP contribution in [0.4, 0.5) is 0 Å². The zero-order valence-electron chi connectivity index (χ0n) is 11.0. The third kappa shape index (κ3) is 2.53. The quantitative estimate of drug-likeness (QED) is 0.799. The summed E-state index contributed by atoms with van der Waals surface area (Å²) in [6.07, 6.45) is 15.1.